The van der Waals surface area contributed by atoms with Crippen LogP contribution in [-0.2, 0) is 14.8 Å². The maximum absolute atomic E-state index is 13.5. The Kier molecular flexibility index (Phi) is 8.56. The highest BCUT2D eigenvalue weighted by atomic mass is 32.2. The van der Waals surface area contributed by atoms with Crippen LogP contribution in [0.3, 0.4) is 0 Å². The van der Waals surface area contributed by atoms with Crippen LogP contribution < -0.4 is 25.2 Å². The number of nitrogens with two attached hydrogens (primary N) is 1. The van der Waals surface area contributed by atoms with E-state index in [2.05, 4.69) is 10.0 Å². The van der Waals surface area contributed by atoms with Crippen LogP contribution in [0, 0.1) is 0 Å². The number of sulfonamides is 1. The fourth-order valence-electron chi connectivity index (χ4n) is 4.81. The molecule has 0 aliphatic rings. The van der Waals surface area contributed by atoms with Crippen molar-refractivity contribution in [2.75, 3.05) is 18.4 Å². The summed E-state index contributed by atoms with van der Waals surface area (Å²) < 4.78 is 40.6. The SMILES string of the molecule is COc1ccc(S(=O)(=O)Nc2cc(-c3c(O)ccc4ccccc34)c(OC(=O)NCC[C@H](N)C(=O)O)c3ccccc23)cc1. The first-order valence-corrected chi connectivity index (χ1v) is 14.9. The third-order valence-electron chi connectivity index (χ3n) is 7.02. The molecule has 0 heterocycles. The van der Waals surface area contributed by atoms with Crippen LogP contribution in [0.1, 0.15) is 6.42 Å². The summed E-state index contributed by atoms with van der Waals surface area (Å²) in [6.45, 7) is -0.0706. The molecule has 0 unspecified atom stereocenters. The summed E-state index contributed by atoms with van der Waals surface area (Å²) in [5.41, 5.74) is 6.27. The molecule has 0 saturated heterocycles. The van der Waals surface area contributed by atoms with Crippen molar-refractivity contribution >= 4 is 49.3 Å². The zero-order valence-electron chi connectivity index (χ0n) is 23.5. The molecule has 5 aromatic rings. The average molecular weight is 616 g/mol. The Balaban J connectivity index is 1.66. The lowest BCUT2D eigenvalue weighted by atomic mass is 9.93. The summed E-state index contributed by atoms with van der Waals surface area (Å²) in [6.07, 6.45) is -0.922. The highest BCUT2D eigenvalue weighted by Gasteiger charge is 2.24. The number of phenolic OH excluding ortho intramolecular Hbond substituents is 1. The maximum atomic E-state index is 13.5. The average Bonchev–Trinajstić information content (AvgIpc) is 3.02. The zero-order valence-corrected chi connectivity index (χ0v) is 24.3. The molecule has 1 atom stereocenters. The fraction of sp³-hybridized carbons (Fsp3) is 0.125. The van der Waals surface area contributed by atoms with Gasteiger partial charge in [-0.15, -0.1) is 0 Å². The van der Waals surface area contributed by atoms with Gasteiger partial charge in [0.1, 0.15) is 23.3 Å². The second-order valence-corrected chi connectivity index (χ2v) is 11.5. The van der Waals surface area contributed by atoms with Crippen molar-refractivity contribution in [3.8, 4) is 28.4 Å². The number of amides is 1. The molecule has 1 amide bonds. The van der Waals surface area contributed by atoms with Gasteiger partial charge in [0.05, 0.1) is 17.7 Å². The lowest BCUT2D eigenvalue weighted by molar-refractivity contribution is -0.138. The molecule has 0 saturated carbocycles. The maximum Gasteiger partial charge on any atom is 0.412 e. The minimum atomic E-state index is -4.09. The zero-order chi connectivity index (χ0) is 31.4. The number of fused-ring (bicyclic) bond motifs is 2. The topological polar surface area (TPSA) is 177 Å². The van der Waals surface area contributed by atoms with Gasteiger partial charge in [-0.2, -0.15) is 0 Å². The number of carbonyl (C=O) groups excluding carboxylic acids is 1. The molecule has 0 bridgehead atoms. The summed E-state index contributed by atoms with van der Waals surface area (Å²) in [4.78, 5) is 24.0. The Morgan fingerprint density at radius 1 is 0.909 bits per heavy atom. The van der Waals surface area contributed by atoms with Gasteiger partial charge in [-0.05, 0) is 53.6 Å². The summed E-state index contributed by atoms with van der Waals surface area (Å²) in [5, 5.41) is 24.9. The van der Waals surface area contributed by atoms with E-state index in [0.29, 0.717) is 27.5 Å². The number of aromatic hydroxyl groups is 1. The Labute approximate surface area is 252 Å². The van der Waals surface area contributed by atoms with Gasteiger partial charge in [0, 0.05) is 28.4 Å². The van der Waals surface area contributed by atoms with Gasteiger partial charge < -0.3 is 30.7 Å². The molecule has 11 nitrogen and oxygen atoms in total. The predicted molar refractivity (Wildman–Crippen MR) is 167 cm³/mol. The summed E-state index contributed by atoms with van der Waals surface area (Å²) in [6, 6.07) is 23.5. The molecule has 0 aromatic heterocycles. The van der Waals surface area contributed by atoms with Crippen molar-refractivity contribution in [1.82, 2.24) is 5.32 Å². The molecule has 0 aliphatic heterocycles. The number of rotatable bonds is 10. The third-order valence-corrected chi connectivity index (χ3v) is 8.40. The number of aliphatic carboxylic acids is 1. The standard InChI is InChI=1S/C32H29N3O8S/c1-42-20-11-13-21(14-12-20)44(40,41)35-27-18-25(29-22-7-3-2-6-19(22)10-15-28(29)36)30(24-9-5-4-8-23(24)27)43-32(39)34-17-16-26(33)31(37)38/h2-15,18,26,35-36H,16-17,33H2,1H3,(H,34,39)(H,37,38)/t26-/m0/s1. The minimum absolute atomic E-state index is 0.00351. The van der Waals surface area contributed by atoms with Gasteiger partial charge >= 0.3 is 12.1 Å². The largest absolute Gasteiger partial charge is 0.507 e. The number of carboxylic acid groups (broad SMARTS) is 1. The highest BCUT2D eigenvalue weighted by molar-refractivity contribution is 7.92. The molecular formula is C32H29N3O8S. The van der Waals surface area contributed by atoms with Crippen LogP contribution >= 0.6 is 0 Å². The van der Waals surface area contributed by atoms with E-state index in [1.54, 1.807) is 42.5 Å². The van der Waals surface area contributed by atoms with Crippen LogP contribution in [-0.4, -0.2) is 50.4 Å². The minimum Gasteiger partial charge on any atom is -0.507 e. The van der Waals surface area contributed by atoms with Gasteiger partial charge in [-0.1, -0.05) is 54.6 Å². The number of carboxylic acids is 1. The van der Waals surface area contributed by atoms with E-state index in [0.717, 1.165) is 5.39 Å². The first-order valence-electron chi connectivity index (χ1n) is 13.5. The van der Waals surface area contributed by atoms with Gasteiger partial charge in [-0.25, -0.2) is 13.2 Å². The number of nitrogens with one attached hydrogen (secondary N) is 2. The first-order chi connectivity index (χ1) is 21.1. The number of hydrogen-bond acceptors (Lipinski definition) is 8. The number of anilines is 1. The van der Waals surface area contributed by atoms with Crippen LogP contribution in [0.25, 0.3) is 32.7 Å². The second kappa shape index (κ2) is 12.5. The molecule has 5 rings (SSSR count). The molecule has 5 aromatic carbocycles. The first kappa shape index (κ1) is 30.1. The molecule has 6 N–H and O–H groups in total. The Morgan fingerprint density at radius 2 is 1.57 bits per heavy atom. The number of benzene rings is 5. The fourth-order valence-corrected chi connectivity index (χ4v) is 5.88. The predicted octanol–water partition coefficient (Wildman–Crippen LogP) is 5.07. The third kappa shape index (κ3) is 6.21. The van der Waals surface area contributed by atoms with Crippen LogP contribution in [0.5, 0.6) is 17.2 Å². The van der Waals surface area contributed by atoms with E-state index < -0.39 is 28.1 Å². The number of hydrogen-bond donors (Lipinski definition) is 5. The van der Waals surface area contributed by atoms with Crippen LogP contribution in [0.15, 0.2) is 95.9 Å². The summed E-state index contributed by atoms with van der Waals surface area (Å²) >= 11 is 0. The van der Waals surface area contributed by atoms with E-state index in [1.807, 2.05) is 12.1 Å². The van der Waals surface area contributed by atoms with Crippen molar-refractivity contribution in [1.29, 1.82) is 0 Å². The Hall–Kier alpha value is -5.33. The Morgan fingerprint density at radius 3 is 2.25 bits per heavy atom. The smallest absolute Gasteiger partial charge is 0.412 e. The van der Waals surface area contributed by atoms with Crippen LogP contribution in [0.2, 0.25) is 0 Å². The molecule has 0 aliphatic carbocycles. The van der Waals surface area contributed by atoms with Crippen molar-refractivity contribution < 1.29 is 37.7 Å². The van der Waals surface area contributed by atoms with E-state index in [4.69, 9.17) is 20.3 Å². The van der Waals surface area contributed by atoms with Gasteiger partial charge in [-0.3, -0.25) is 9.52 Å². The lowest BCUT2D eigenvalue weighted by Gasteiger charge is -2.20. The highest BCUT2D eigenvalue weighted by Crippen LogP contribution is 2.47. The van der Waals surface area contributed by atoms with Crippen molar-refractivity contribution in [3.05, 3.63) is 91.0 Å². The van der Waals surface area contributed by atoms with E-state index in [1.165, 1.54) is 43.5 Å². The van der Waals surface area contributed by atoms with E-state index >= 15 is 0 Å². The molecule has 0 fully saturated rings. The second-order valence-electron chi connectivity index (χ2n) is 9.86. The summed E-state index contributed by atoms with van der Waals surface area (Å²) in [5.74, 6) is -0.777. The molecule has 44 heavy (non-hydrogen) atoms. The molecule has 12 heteroatoms. The molecule has 226 valence electrons. The van der Waals surface area contributed by atoms with Gasteiger partial charge in [0.25, 0.3) is 10.0 Å². The van der Waals surface area contributed by atoms with Crippen LogP contribution in [0.4, 0.5) is 10.5 Å². The number of phenols is 1. The quantitative estimate of drug-likeness (QED) is 0.144. The number of methoxy groups -OCH3 is 1. The van der Waals surface area contributed by atoms with Gasteiger partial charge in [0.15, 0.2) is 0 Å². The monoisotopic (exact) mass is 615 g/mol. The summed E-state index contributed by atoms with van der Waals surface area (Å²) in [7, 11) is -2.61. The van der Waals surface area contributed by atoms with Crippen molar-refractivity contribution in [3.63, 3.8) is 0 Å². The number of carbonyl (C=O) groups is 2. The Bertz CT molecular complexity index is 1980. The number of ether oxygens (including phenoxy) is 2. The van der Waals surface area contributed by atoms with E-state index in [-0.39, 0.29) is 40.6 Å². The van der Waals surface area contributed by atoms with Gasteiger partial charge in [0.2, 0.25) is 0 Å². The lowest BCUT2D eigenvalue weighted by Crippen LogP contribution is -2.36. The molecule has 0 radical (unpaired) electrons. The van der Waals surface area contributed by atoms with E-state index in [9.17, 15) is 23.1 Å². The van der Waals surface area contributed by atoms with Crippen molar-refractivity contribution in [2.45, 2.75) is 17.4 Å². The normalized spacial score (nSPS) is 12.0. The molecular weight excluding hydrogens is 586 g/mol. The van der Waals surface area contributed by atoms with Crippen molar-refractivity contribution in [2.24, 2.45) is 5.73 Å². The molecule has 0 spiro atoms.